The van der Waals surface area contributed by atoms with Crippen LogP contribution in [-0.4, -0.2) is 17.2 Å². The number of benzene rings is 1. The average Bonchev–Trinajstić information content (AvgIpc) is 2.67. The Labute approximate surface area is 162 Å². The molecule has 4 unspecified atom stereocenters. The van der Waals surface area contributed by atoms with Gasteiger partial charge in [0.1, 0.15) is 11.9 Å². The van der Waals surface area contributed by atoms with Gasteiger partial charge >= 0.3 is 5.97 Å². The molecule has 0 amide bonds. The van der Waals surface area contributed by atoms with Crippen LogP contribution in [0.15, 0.2) is 18.2 Å². The van der Waals surface area contributed by atoms with Crippen molar-refractivity contribution in [1.82, 2.24) is 0 Å². The number of rotatable bonds is 5. The number of halogens is 1. The second-order valence-electron chi connectivity index (χ2n) is 8.59. The van der Waals surface area contributed by atoms with E-state index in [-0.39, 0.29) is 23.8 Å². The number of hydrogen-bond acceptors (Lipinski definition) is 3. The van der Waals surface area contributed by atoms with Crippen molar-refractivity contribution in [2.45, 2.75) is 83.8 Å². The maximum absolute atomic E-state index is 14.2. The fourth-order valence-corrected chi connectivity index (χ4v) is 4.95. The average molecular weight is 377 g/mol. The monoisotopic (exact) mass is 376 g/mol. The summed E-state index contributed by atoms with van der Waals surface area (Å²) in [5, 5.41) is 9.60. The Bertz CT molecular complexity index is 649. The lowest BCUT2D eigenvalue weighted by molar-refractivity contribution is -0.165. The largest absolute Gasteiger partial charge is 0.462 e. The van der Waals surface area contributed by atoms with Crippen molar-refractivity contribution in [2.24, 2.45) is 17.8 Å². The van der Waals surface area contributed by atoms with E-state index in [0.29, 0.717) is 23.3 Å². The van der Waals surface area contributed by atoms with E-state index in [2.05, 4.69) is 6.92 Å². The van der Waals surface area contributed by atoms with E-state index < -0.39 is 6.10 Å². The number of esters is 1. The minimum absolute atomic E-state index is 0.0111. The third-order valence-corrected chi connectivity index (χ3v) is 6.94. The number of carbonyl (C=O) groups excluding carboxylic acids is 1. The lowest BCUT2D eigenvalue weighted by Gasteiger charge is -2.38. The zero-order valence-electron chi connectivity index (χ0n) is 16.8. The van der Waals surface area contributed by atoms with Gasteiger partial charge in [-0.05, 0) is 81.3 Å². The lowest BCUT2D eigenvalue weighted by Crippen LogP contribution is -2.38. The summed E-state index contributed by atoms with van der Waals surface area (Å²) in [4.78, 5) is 12.1. The van der Waals surface area contributed by atoms with Crippen molar-refractivity contribution >= 4 is 5.97 Å². The van der Waals surface area contributed by atoms with E-state index in [1.54, 1.807) is 19.1 Å². The molecule has 4 heteroatoms. The summed E-state index contributed by atoms with van der Waals surface area (Å²) in [5.74, 6) is 1.11. The topological polar surface area (TPSA) is 46.5 Å². The Morgan fingerprint density at radius 3 is 2.41 bits per heavy atom. The molecular formula is C23H33FO3. The Hall–Kier alpha value is -1.42. The van der Waals surface area contributed by atoms with Crippen LogP contribution >= 0.6 is 0 Å². The van der Waals surface area contributed by atoms with Gasteiger partial charge in [-0.15, -0.1) is 0 Å². The van der Waals surface area contributed by atoms with E-state index in [1.165, 1.54) is 0 Å². The SMILES string of the molecule is CCC1CCC(C(C)C2CCC(c3ccc(C(C)O)c(F)c3)CC2)OC1=O. The van der Waals surface area contributed by atoms with Gasteiger partial charge in [0.15, 0.2) is 0 Å². The first-order valence-electron chi connectivity index (χ1n) is 10.6. The molecule has 1 aliphatic heterocycles. The van der Waals surface area contributed by atoms with Gasteiger partial charge in [0.25, 0.3) is 0 Å². The molecule has 1 aromatic carbocycles. The zero-order valence-corrected chi connectivity index (χ0v) is 16.8. The highest BCUT2D eigenvalue weighted by atomic mass is 19.1. The molecule has 1 saturated heterocycles. The van der Waals surface area contributed by atoms with E-state index >= 15 is 0 Å². The van der Waals surface area contributed by atoms with Crippen LogP contribution in [0.4, 0.5) is 4.39 Å². The predicted octanol–water partition coefficient (Wildman–Crippen LogP) is 5.52. The fraction of sp³-hybridized carbons (Fsp3) is 0.696. The molecule has 2 aliphatic rings. The van der Waals surface area contributed by atoms with Crippen molar-refractivity contribution in [3.63, 3.8) is 0 Å². The van der Waals surface area contributed by atoms with E-state index in [9.17, 15) is 14.3 Å². The molecule has 4 atom stereocenters. The molecule has 150 valence electrons. The molecule has 1 N–H and O–H groups in total. The second kappa shape index (κ2) is 8.72. The molecule has 0 aromatic heterocycles. The second-order valence-corrected chi connectivity index (χ2v) is 8.59. The van der Waals surface area contributed by atoms with Crippen LogP contribution < -0.4 is 0 Å². The van der Waals surface area contributed by atoms with Gasteiger partial charge in [-0.1, -0.05) is 26.0 Å². The number of aliphatic hydroxyl groups excluding tert-OH is 1. The highest BCUT2D eigenvalue weighted by Crippen LogP contribution is 2.42. The standard InChI is InChI=1S/C23H33FO3/c1-4-16-10-12-22(27-23(16)26)14(2)17-5-7-18(8-6-17)19-9-11-20(15(3)25)21(24)13-19/h9,11,13-18,22,25H,4-8,10,12H2,1-3H3. The van der Waals surface area contributed by atoms with E-state index in [1.807, 2.05) is 13.0 Å². The summed E-state index contributed by atoms with van der Waals surface area (Å²) in [5.41, 5.74) is 1.41. The van der Waals surface area contributed by atoms with Crippen molar-refractivity contribution in [2.75, 3.05) is 0 Å². The van der Waals surface area contributed by atoms with Gasteiger partial charge < -0.3 is 9.84 Å². The molecule has 1 aliphatic carbocycles. The van der Waals surface area contributed by atoms with Crippen LogP contribution in [0.25, 0.3) is 0 Å². The van der Waals surface area contributed by atoms with Gasteiger partial charge in [0, 0.05) is 5.56 Å². The highest BCUT2D eigenvalue weighted by molar-refractivity contribution is 5.73. The van der Waals surface area contributed by atoms with Crippen LogP contribution in [-0.2, 0) is 9.53 Å². The summed E-state index contributed by atoms with van der Waals surface area (Å²) < 4.78 is 19.9. The number of ether oxygens (including phenoxy) is 1. The van der Waals surface area contributed by atoms with Gasteiger partial charge in [-0.25, -0.2) is 4.39 Å². The highest BCUT2D eigenvalue weighted by Gasteiger charge is 2.36. The van der Waals surface area contributed by atoms with E-state index in [4.69, 9.17) is 4.74 Å². The quantitative estimate of drug-likeness (QED) is 0.688. The Kier molecular flexibility index (Phi) is 6.56. The summed E-state index contributed by atoms with van der Waals surface area (Å²) in [6, 6.07) is 5.29. The smallest absolute Gasteiger partial charge is 0.309 e. The first-order chi connectivity index (χ1) is 12.9. The number of cyclic esters (lactones) is 1. The molecule has 0 spiro atoms. The molecule has 3 rings (SSSR count). The minimum Gasteiger partial charge on any atom is -0.462 e. The van der Waals surface area contributed by atoms with Crippen LogP contribution in [0, 0.1) is 23.6 Å². The minimum atomic E-state index is -0.777. The van der Waals surface area contributed by atoms with Crippen LogP contribution in [0.3, 0.4) is 0 Å². The van der Waals surface area contributed by atoms with Crippen molar-refractivity contribution < 1.29 is 19.0 Å². The lowest BCUT2D eigenvalue weighted by atomic mass is 9.72. The zero-order chi connectivity index (χ0) is 19.6. The predicted molar refractivity (Wildman–Crippen MR) is 104 cm³/mol. The maximum Gasteiger partial charge on any atom is 0.309 e. The van der Waals surface area contributed by atoms with Crippen LogP contribution in [0.2, 0.25) is 0 Å². The van der Waals surface area contributed by atoms with Gasteiger partial charge in [0.2, 0.25) is 0 Å². The Morgan fingerprint density at radius 1 is 1.15 bits per heavy atom. The van der Waals surface area contributed by atoms with Crippen molar-refractivity contribution in [3.05, 3.63) is 35.1 Å². The summed E-state index contributed by atoms with van der Waals surface area (Å²) in [7, 11) is 0. The third kappa shape index (κ3) is 4.53. The summed E-state index contributed by atoms with van der Waals surface area (Å²) in [6.45, 7) is 5.87. The molecule has 1 saturated carbocycles. The molecule has 2 fully saturated rings. The fourth-order valence-electron chi connectivity index (χ4n) is 4.95. The molecular weight excluding hydrogens is 343 g/mol. The number of aliphatic hydroxyl groups is 1. The molecule has 3 nitrogen and oxygen atoms in total. The molecule has 0 radical (unpaired) electrons. The maximum atomic E-state index is 14.2. The molecule has 0 bridgehead atoms. The summed E-state index contributed by atoms with van der Waals surface area (Å²) >= 11 is 0. The Balaban J connectivity index is 1.56. The third-order valence-electron chi connectivity index (χ3n) is 6.94. The van der Waals surface area contributed by atoms with E-state index in [0.717, 1.165) is 50.5 Å². The van der Waals surface area contributed by atoms with Gasteiger partial charge in [-0.2, -0.15) is 0 Å². The molecule has 1 heterocycles. The van der Waals surface area contributed by atoms with Crippen molar-refractivity contribution in [1.29, 1.82) is 0 Å². The molecule has 27 heavy (non-hydrogen) atoms. The van der Waals surface area contributed by atoms with Gasteiger partial charge in [0.05, 0.1) is 12.0 Å². The van der Waals surface area contributed by atoms with Crippen molar-refractivity contribution in [3.8, 4) is 0 Å². The summed E-state index contributed by atoms with van der Waals surface area (Å²) in [6.07, 6.45) is 6.36. The number of carbonyl (C=O) groups is 1. The first-order valence-corrected chi connectivity index (χ1v) is 10.6. The van der Waals surface area contributed by atoms with Crippen LogP contribution in [0.5, 0.6) is 0 Å². The molecule has 1 aromatic rings. The Morgan fingerprint density at radius 2 is 1.85 bits per heavy atom. The normalized spacial score (nSPS) is 31.2. The number of hydrogen-bond donors (Lipinski definition) is 1. The van der Waals surface area contributed by atoms with Crippen LogP contribution in [0.1, 0.15) is 88.9 Å². The van der Waals surface area contributed by atoms with Gasteiger partial charge in [-0.3, -0.25) is 4.79 Å². The first kappa shape index (κ1) is 20.3.